The van der Waals surface area contributed by atoms with Crippen LogP contribution in [0.25, 0.3) is 0 Å². The molecule has 0 bridgehead atoms. The van der Waals surface area contributed by atoms with E-state index < -0.39 is 0 Å². The van der Waals surface area contributed by atoms with Gasteiger partial charge in [0.2, 0.25) is 5.88 Å². The van der Waals surface area contributed by atoms with Crippen LogP contribution in [0.3, 0.4) is 0 Å². The molecule has 0 aliphatic heterocycles. The molecular weight excluding hydrogens is 200 g/mol. The van der Waals surface area contributed by atoms with Gasteiger partial charge in [-0.05, 0) is 25.1 Å². The van der Waals surface area contributed by atoms with Gasteiger partial charge in [-0.15, -0.1) is 0 Å². The van der Waals surface area contributed by atoms with Gasteiger partial charge in [-0.2, -0.15) is 0 Å². The first-order valence-electron chi connectivity index (χ1n) is 4.78. The number of nitrogens with zero attached hydrogens (tertiary/aromatic N) is 1. The Morgan fingerprint density at radius 2 is 2.36 bits per heavy atom. The van der Waals surface area contributed by atoms with Crippen molar-refractivity contribution >= 4 is 11.6 Å². The Hall–Kier alpha value is -0.800. The van der Waals surface area contributed by atoms with Crippen LogP contribution in [0.15, 0.2) is 18.3 Å². The molecule has 0 radical (unpaired) electrons. The van der Waals surface area contributed by atoms with Crippen molar-refractivity contribution in [3.8, 4) is 5.88 Å². The molecule has 0 spiro atoms. The Labute approximate surface area is 89.4 Å². The van der Waals surface area contributed by atoms with Crippen LogP contribution in [0, 0.1) is 0 Å². The summed E-state index contributed by atoms with van der Waals surface area (Å²) in [7, 11) is 0. The molecule has 1 aromatic rings. The Bertz CT molecular complexity index is 268. The summed E-state index contributed by atoms with van der Waals surface area (Å²) >= 11 is 5.86. The van der Waals surface area contributed by atoms with E-state index in [1.807, 2.05) is 0 Å². The molecular formula is C10H15ClN2O. The van der Waals surface area contributed by atoms with Crippen LogP contribution in [0.2, 0.25) is 5.02 Å². The molecule has 0 unspecified atom stereocenters. The third-order valence-corrected chi connectivity index (χ3v) is 1.96. The lowest BCUT2D eigenvalue weighted by atomic mass is 10.5. The first-order chi connectivity index (χ1) is 6.84. The molecule has 0 saturated heterocycles. The van der Waals surface area contributed by atoms with Gasteiger partial charge in [0.1, 0.15) is 11.6 Å². The lowest BCUT2D eigenvalue weighted by Gasteiger charge is -2.06. The van der Waals surface area contributed by atoms with Crippen molar-refractivity contribution in [3.05, 3.63) is 23.4 Å². The lowest BCUT2D eigenvalue weighted by molar-refractivity contribution is 0.303. The summed E-state index contributed by atoms with van der Waals surface area (Å²) < 4.78 is 5.38. The average molecular weight is 215 g/mol. The fourth-order valence-electron chi connectivity index (χ4n) is 0.999. The van der Waals surface area contributed by atoms with Gasteiger partial charge in [0.05, 0.1) is 0 Å². The Morgan fingerprint density at radius 1 is 1.50 bits per heavy atom. The molecule has 0 atom stereocenters. The van der Waals surface area contributed by atoms with Crippen LogP contribution in [0.5, 0.6) is 5.88 Å². The fourth-order valence-corrected chi connectivity index (χ4v) is 1.18. The zero-order chi connectivity index (χ0) is 10.2. The van der Waals surface area contributed by atoms with Gasteiger partial charge in [-0.1, -0.05) is 18.5 Å². The summed E-state index contributed by atoms with van der Waals surface area (Å²) in [4.78, 5) is 4.01. The molecule has 0 amide bonds. The highest BCUT2D eigenvalue weighted by atomic mass is 35.5. The number of nitrogens with one attached hydrogen (secondary N) is 1. The van der Waals surface area contributed by atoms with E-state index in [9.17, 15) is 0 Å². The van der Waals surface area contributed by atoms with Gasteiger partial charge in [0.25, 0.3) is 0 Å². The quantitative estimate of drug-likeness (QED) is 0.737. The molecule has 0 saturated carbocycles. The number of rotatable bonds is 6. The van der Waals surface area contributed by atoms with E-state index in [0.717, 1.165) is 19.5 Å². The van der Waals surface area contributed by atoms with E-state index in [-0.39, 0.29) is 0 Å². The topological polar surface area (TPSA) is 34.1 Å². The predicted molar refractivity (Wildman–Crippen MR) is 57.9 cm³/mol. The monoisotopic (exact) mass is 214 g/mol. The zero-order valence-electron chi connectivity index (χ0n) is 8.29. The zero-order valence-corrected chi connectivity index (χ0v) is 9.05. The summed E-state index contributed by atoms with van der Waals surface area (Å²) in [6, 6.07) is 3.55. The van der Waals surface area contributed by atoms with Crippen LogP contribution in [-0.4, -0.2) is 24.7 Å². The number of pyridine rings is 1. The van der Waals surface area contributed by atoms with Crippen LogP contribution < -0.4 is 10.1 Å². The molecule has 1 N–H and O–H groups in total. The minimum absolute atomic E-state index is 0.507. The maximum Gasteiger partial charge on any atom is 0.232 e. The van der Waals surface area contributed by atoms with Crippen molar-refractivity contribution in [1.82, 2.24) is 10.3 Å². The van der Waals surface area contributed by atoms with Gasteiger partial charge < -0.3 is 10.1 Å². The van der Waals surface area contributed by atoms with Crippen LogP contribution in [0.4, 0.5) is 0 Å². The molecule has 3 nitrogen and oxygen atoms in total. The number of hydrogen-bond donors (Lipinski definition) is 1. The van der Waals surface area contributed by atoms with Gasteiger partial charge in [-0.25, -0.2) is 4.98 Å². The second kappa shape index (κ2) is 6.62. The number of ether oxygens (including phenoxy) is 1. The molecule has 1 rings (SSSR count). The third kappa shape index (κ3) is 3.94. The second-order valence-corrected chi connectivity index (χ2v) is 3.30. The van der Waals surface area contributed by atoms with Crippen molar-refractivity contribution < 1.29 is 4.74 Å². The van der Waals surface area contributed by atoms with Crippen LogP contribution in [-0.2, 0) is 0 Å². The molecule has 78 valence electrons. The van der Waals surface area contributed by atoms with Crippen molar-refractivity contribution in [1.29, 1.82) is 0 Å². The summed E-state index contributed by atoms with van der Waals surface area (Å²) in [6.07, 6.45) is 2.80. The molecule has 1 heterocycles. The highest BCUT2D eigenvalue weighted by Crippen LogP contribution is 2.19. The van der Waals surface area contributed by atoms with Crippen molar-refractivity contribution in [2.45, 2.75) is 13.3 Å². The predicted octanol–water partition coefficient (Wildman–Crippen LogP) is 2.11. The Balaban J connectivity index is 2.21. The molecule has 1 aromatic heterocycles. The molecule has 0 aliphatic carbocycles. The number of aromatic nitrogens is 1. The summed E-state index contributed by atoms with van der Waals surface area (Å²) in [5, 5.41) is 3.79. The average Bonchev–Trinajstić information content (AvgIpc) is 2.20. The Kier molecular flexibility index (Phi) is 5.33. The molecule has 4 heteroatoms. The maximum atomic E-state index is 5.86. The first kappa shape index (κ1) is 11.3. The Morgan fingerprint density at radius 3 is 3.07 bits per heavy atom. The normalized spacial score (nSPS) is 10.1. The summed E-state index contributed by atoms with van der Waals surface area (Å²) in [6.45, 7) is 4.56. The van der Waals surface area contributed by atoms with E-state index in [1.165, 1.54) is 0 Å². The van der Waals surface area contributed by atoms with Gasteiger partial charge in [0, 0.05) is 12.7 Å². The van der Waals surface area contributed by atoms with E-state index in [2.05, 4.69) is 17.2 Å². The van der Waals surface area contributed by atoms with E-state index >= 15 is 0 Å². The van der Waals surface area contributed by atoms with Crippen molar-refractivity contribution in [2.75, 3.05) is 19.7 Å². The van der Waals surface area contributed by atoms with Crippen LogP contribution >= 0.6 is 11.6 Å². The highest BCUT2D eigenvalue weighted by Gasteiger charge is 1.99. The first-order valence-corrected chi connectivity index (χ1v) is 5.16. The molecule has 0 aromatic carbocycles. The minimum atomic E-state index is 0.507. The molecule has 0 aliphatic rings. The SMILES string of the molecule is CCCNCCOc1ncccc1Cl. The number of halogens is 1. The van der Waals surface area contributed by atoms with E-state index in [4.69, 9.17) is 16.3 Å². The summed E-state index contributed by atoms with van der Waals surface area (Å²) in [5.41, 5.74) is 0. The van der Waals surface area contributed by atoms with Gasteiger partial charge >= 0.3 is 0 Å². The third-order valence-electron chi connectivity index (χ3n) is 1.67. The standard InChI is InChI=1S/C10H15ClN2O/c1-2-5-12-7-8-14-10-9(11)4-3-6-13-10/h3-4,6,12H,2,5,7-8H2,1H3. The minimum Gasteiger partial charge on any atom is -0.475 e. The molecule has 14 heavy (non-hydrogen) atoms. The van der Waals surface area contributed by atoms with Gasteiger partial charge in [0.15, 0.2) is 0 Å². The molecule has 0 fully saturated rings. The van der Waals surface area contributed by atoms with Crippen molar-refractivity contribution in [3.63, 3.8) is 0 Å². The van der Waals surface area contributed by atoms with Crippen molar-refractivity contribution in [2.24, 2.45) is 0 Å². The fraction of sp³-hybridized carbons (Fsp3) is 0.500. The summed E-state index contributed by atoms with van der Waals surface area (Å²) in [5.74, 6) is 0.507. The largest absolute Gasteiger partial charge is 0.475 e. The van der Waals surface area contributed by atoms with E-state index in [1.54, 1.807) is 18.3 Å². The smallest absolute Gasteiger partial charge is 0.232 e. The van der Waals surface area contributed by atoms with Crippen LogP contribution in [0.1, 0.15) is 13.3 Å². The number of hydrogen-bond acceptors (Lipinski definition) is 3. The second-order valence-electron chi connectivity index (χ2n) is 2.89. The highest BCUT2D eigenvalue weighted by molar-refractivity contribution is 6.31. The van der Waals surface area contributed by atoms with E-state index in [0.29, 0.717) is 17.5 Å². The van der Waals surface area contributed by atoms with Gasteiger partial charge in [-0.3, -0.25) is 0 Å². The lowest BCUT2D eigenvalue weighted by Crippen LogP contribution is -2.21. The maximum absolute atomic E-state index is 5.86.